The molecule has 0 spiro atoms. The van der Waals surface area contributed by atoms with Gasteiger partial charge in [0, 0.05) is 12.6 Å². The van der Waals surface area contributed by atoms with Crippen molar-refractivity contribution in [1.29, 1.82) is 0 Å². The van der Waals surface area contributed by atoms with Crippen LogP contribution < -0.4 is 5.32 Å². The highest BCUT2D eigenvalue weighted by molar-refractivity contribution is 4.78. The summed E-state index contributed by atoms with van der Waals surface area (Å²) in [5.74, 6) is 0.960. The van der Waals surface area contributed by atoms with E-state index in [1.807, 2.05) is 0 Å². The number of likely N-dealkylation sites (N-methyl/N-ethyl adjacent to an activating group) is 1. The number of hydrogen-bond donors (Lipinski definition) is 1. The number of nitrogens with zero attached hydrogens (tertiary/aromatic N) is 1. The summed E-state index contributed by atoms with van der Waals surface area (Å²) < 4.78 is 0. The van der Waals surface area contributed by atoms with Crippen molar-refractivity contribution in [3.63, 3.8) is 0 Å². The molecule has 100 valence electrons. The fraction of sp³-hybridized carbons (Fsp3) is 1.00. The quantitative estimate of drug-likeness (QED) is 0.810. The van der Waals surface area contributed by atoms with Crippen LogP contribution in [0, 0.1) is 5.92 Å². The molecule has 2 aliphatic rings. The molecule has 0 aromatic carbocycles. The highest BCUT2D eigenvalue weighted by Gasteiger charge is 2.20. The Morgan fingerprint density at radius 2 is 1.59 bits per heavy atom. The lowest BCUT2D eigenvalue weighted by molar-refractivity contribution is 0.287. The Morgan fingerprint density at radius 1 is 0.882 bits per heavy atom. The maximum absolute atomic E-state index is 3.73. The maximum atomic E-state index is 3.73. The molecule has 1 atom stereocenters. The summed E-state index contributed by atoms with van der Waals surface area (Å²) in [7, 11) is 2.27. The second-order valence-electron chi connectivity index (χ2n) is 6.15. The summed E-state index contributed by atoms with van der Waals surface area (Å²) in [6.45, 7) is 3.78. The smallest absolute Gasteiger partial charge is 0.0218 e. The molecule has 2 fully saturated rings. The topological polar surface area (TPSA) is 15.3 Å². The second kappa shape index (κ2) is 7.38. The van der Waals surface area contributed by atoms with Gasteiger partial charge in [0.25, 0.3) is 0 Å². The van der Waals surface area contributed by atoms with E-state index in [9.17, 15) is 0 Å². The van der Waals surface area contributed by atoms with Gasteiger partial charge in [-0.15, -0.1) is 0 Å². The molecule has 1 aliphatic carbocycles. The molecule has 1 heterocycles. The first kappa shape index (κ1) is 13.4. The third-order valence-electron chi connectivity index (χ3n) is 4.71. The van der Waals surface area contributed by atoms with Gasteiger partial charge in [-0.3, -0.25) is 0 Å². The zero-order valence-corrected chi connectivity index (χ0v) is 11.6. The standard InChI is InChI=1S/C15H30N2/c1-17-11-7-10-15(17)13-16-12-14-8-5-3-2-4-6-9-14/h14-16H,2-13H2,1H3. The number of likely N-dealkylation sites (tertiary alicyclic amines) is 1. The van der Waals surface area contributed by atoms with Crippen molar-refractivity contribution in [3.8, 4) is 0 Å². The predicted molar refractivity (Wildman–Crippen MR) is 74.3 cm³/mol. The van der Waals surface area contributed by atoms with Crippen molar-refractivity contribution in [3.05, 3.63) is 0 Å². The van der Waals surface area contributed by atoms with Gasteiger partial charge in [-0.1, -0.05) is 32.1 Å². The minimum Gasteiger partial charge on any atom is -0.315 e. The normalized spacial score (nSPS) is 29.1. The third-order valence-corrected chi connectivity index (χ3v) is 4.71. The first-order chi connectivity index (χ1) is 8.36. The van der Waals surface area contributed by atoms with Gasteiger partial charge in [-0.2, -0.15) is 0 Å². The van der Waals surface area contributed by atoms with Gasteiger partial charge in [-0.05, 0) is 51.7 Å². The van der Waals surface area contributed by atoms with Crippen LogP contribution >= 0.6 is 0 Å². The van der Waals surface area contributed by atoms with Crippen molar-refractivity contribution < 1.29 is 0 Å². The Morgan fingerprint density at radius 3 is 2.24 bits per heavy atom. The first-order valence-corrected chi connectivity index (χ1v) is 7.77. The lowest BCUT2D eigenvalue weighted by Crippen LogP contribution is -2.37. The largest absolute Gasteiger partial charge is 0.315 e. The van der Waals surface area contributed by atoms with Crippen LogP contribution in [0.15, 0.2) is 0 Å². The van der Waals surface area contributed by atoms with Gasteiger partial charge in [0.2, 0.25) is 0 Å². The maximum Gasteiger partial charge on any atom is 0.0218 e. The third kappa shape index (κ3) is 4.59. The van der Waals surface area contributed by atoms with E-state index in [0.717, 1.165) is 12.0 Å². The molecule has 2 nitrogen and oxygen atoms in total. The van der Waals surface area contributed by atoms with Crippen molar-refractivity contribution in [2.45, 2.75) is 63.8 Å². The molecule has 0 bridgehead atoms. The molecule has 17 heavy (non-hydrogen) atoms. The number of hydrogen-bond acceptors (Lipinski definition) is 2. The lowest BCUT2D eigenvalue weighted by Gasteiger charge is -2.23. The van der Waals surface area contributed by atoms with Crippen molar-refractivity contribution in [2.24, 2.45) is 5.92 Å². The lowest BCUT2D eigenvalue weighted by atomic mass is 9.91. The Balaban J connectivity index is 1.59. The van der Waals surface area contributed by atoms with Gasteiger partial charge < -0.3 is 10.2 Å². The Hall–Kier alpha value is -0.0800. The minimum atomic E-state index is 0.809. The summed E-state index contributed by atoms with van der Waals surface area (Å²) in [4.78, 5) is 2.52. The van der Waals surface area contributed by atoms with E-state index in [1.54, 1.807) is 0 Å². The van der Waals surface area contributed by atoms with Gasteiger partial charge in [0.05, 0.1) is 0 Å². The zero-order chi connectivity index (χ0) is 11.9. The number of rotatable bonds is 4. The molecule has 0 radical (unpaired) electrons. The van der Waals surface area contributed by atoms with E-state index in [1.165, 1.54) is 77.4 Å². The molecule has 1 saturated heterocycles. The molecule has 0 aromatic rings. The van der Waals surface area contributed by atoms with Crippen LogP contribution in [0.2, 0.25) is 0 Å². The van der Waals surface area contributed by atoms with Crippen LogP contribution in [0.1, 0.15) is 57.8 Å². The molecule has 1 unspecified atom stereocenters. The van der Waals surface area contributed by atoms with Crippen molar-refractivity contribution >= 4 is 0 Å². The fourth-order valence-corrected chi connectivity index (χ4v) is 3.44. The number of nitrogens with one attached hydrogen (secondary N) is 1. The van der Waals surface area contributed by atoms with Crippen LogP contribution in [0.25, 0.3) is 0 Å². The molecular formula is C15H30N2. The summed E-state index contributed by atoms with van der Waals surface area (Å²) in [5.41, 5.74) is 0. The second-order valence-corrected chi connectivity index (χ2v) is 6.15. The zero-order valence-electron chi connectivity index (χ0n) is 11.6. The minimum absolute atomic E-state index is 0.809. The average Bonchev–Trinajstić information content (AvgIpc) is 2.67. The molecule has 1 saturated carbocycles. The van der Waals surface area contributed by atoms with Crippen molar-refractivity contribution in [2.75, 3.05) is 26.7 Å². The molecule has 1 N–H and O–H groups in total. The average molecular weight is 238 g/mol. The Bertz CT molecular complexity index is 197. The van der Waals surface area contributed by atoms with E-state index in [-0.39, 0.29) is 0 Å². The van der Waals surface area contributed by atoms with Crippen LogP contribution in [0.5, 0.6) is 0 Å². The molecule has 2 heteroatoms. The monoisotopic (exact) mass is 238 g/mol. The van der Waals surface area contributed by atoms with Gasteiger partial charge in [0.15, 0.2) is 0 Å². The van der Waals surface area contributed by atoms with E-state index in [2.05, 4.69) is 17.3 Å². The molecular weight excluding hydrogens is 208 g/mol. The van der Waals surface area contributed by atoms with E-state index in [4.69, 9.17) is 0 Å². The molecule has 0 amide bonds. The SMILES string of the molecule is CN1CCCC1CNCC1CCCCCCC1. The predicted octanol–water partition coefficient (Wildman–Crippen LogP) is 3.03. The molecule has 0 aromatic heterocycles. The van der Waals surface area contributed by atoms with Gasteiger partial charge in [0.1, 0.15) is 0 Å². The molecule has 2 rings (SSSR count). The first-order valence-electron chi connectivity index (χ1n) is 7.77. The Kier molecular flexibility index (Phi) is 5.79. The fourth-order valence-electron chi connectivity index (χ4n) is 3.44. The summed E-state index contributed by atoms with van der Waals surface area (Å²) >= 11 is 0. The van der Waals surface area contributed by atoms with E-state index in [0.29, 0.717) is 0 Å². The highest BCUT2D eigenvalue weighted by atomic mass is 15.2. The Labute approximate surface area is 107 Å². The van der Waals surface area contributed by atoms with Crippen LogP contribution in [-0.4, -0.2) is 37.6 Å². The highest BCUT2D eigenvalue weighted by Crippen LogP contribution is 2.21. The van der Waals surface area contributed by atoms with E-state index < -0.39 is 0 Å². The summed E-state index contributed by atoms with van der Waals surface area (Å²) in [6, 6.07) is 0.809. The van der Waals surface area contributed by atoms with Crippen molar-refractivity contribution in [1.82, 2.24) is 10.2 Å². The summed E-state index contributed by atoms with van der Waals surface area (Å²) in [6.07, 6.45) is 13.1. The van der Waals surface area contributed by atoms with Gasteiger partial charge >= 0.3 is 0 Å². The molecule has 1 aliphatic heterocycles. The van der Waals surface area contributed by atoms with Crippen LogP contribution in [0.3, 0.4) is 0 Å². The van der Waals surface area contributed by atoms with Crippen LogP contribution in [0.4, 0.5) is 0 Å². The van der Waals surface area contributed by atoms with Crippen LogP contribution in [-0.2, 0) is 0 Å². The summed E-state index contributed by atoms with van der Waals surface area (Å²) in [5, 5.41) is 3.73. The van der Waals surface area contributed by atoms with E-state index >= 15 is 0 Å². The van der Waals surface area contributed by atoms with Gasteiger partial charge in [-0.25, -0.2) is 0 Å².